The molecule has 0 aliphatic carbocycles. The molecule has 0 fully saturated rings. The average molecular weight is 389 g/mol. The SMILES string of the molecule is CCn1ncc2c(C(=O)Nc3ccc(SC)nc3)cc(-c3ccccc3)nc21. The fourth-order valence-electron chi connectivity index (χ4n) is 3.00. The summed E-state index contributed by atoms with van der Waals surface area (Å²) in [4.78, 5) is 22.1. The van der Waals surface area contributed by atoms with Crippen LogP contribution in [0.25, 0.3) is 22.3 Å². The smallest absolute Gasteiger partial charge is 0.256 e. The Bertz CT molecular complexity index is 1120. The van der Waals surface area contributed by atoms with Crippen molar-refractivity contribution < 1.29 is 4.79 Å². The number of aryl methyl sites for hydroxylation is 1. The topological polar surface area (TPSA) is 72.7 Å². The second kappa shape index (κ2) is 7.82. The van der Waals surface area contributed by atoms with Gasteiger partial charge in [0.1, 0.15) is 0 Å². The lowest BCUT2D eigenvalue weighted by atomic mass is 10.1. The molecule has 0 radical (unpaired) electrons. The number of hydrogen-bond acceptors (Lipinski definition) is 5. The number of thioether (sulfide) groups is 1. The van der Waals surface area contributed by atoms with Crippen LogP contribution in [0.15, 0.2) is 66.0 Å². The van der Waals surface area contributed by atoms with E-state index in [0.29, 0.717) is 23.4 Å². The molecular weight excluding hydrogens is 370 g/mol. The molecule has 6 nitrogen and oxygen atoms in total. The molecule has 28 heavy (non-hydrogen) atoms. The van der Waals surface area contributed by atoms with Gasteiger partial charge in [-0.1, -0.05) is 30.3 Å². The van der Waals surface area contributed by atoms with Gasteiger partial charge in [0.2, 0.25) is 0 Å². The highest BCUT2D eigenvalue weighted by molar-refractivity contribution is 7.98. The number of hydrogen-bond donors (Lipinski definition) is 1. The molecule has 0 spiro atoms. The van der Waals surface area contributed by atoms with Crippen molar-refractivity contribution in [2.24, 2.45) is 0 Å². The van der Waals surface area contributed by atoms with Gasteiger partial charge < -0.3 is 5.32 Å². The monoisotopic (exact) mass is 389 g/mol. The van der Waals surface area contributed by atoms with E-state index in [1.54, 1.807) is 28.8 Å². The summed E-state index contributed by atoms with van der Waals surface area (Å²) in [5.74, 6) is -0.209. The normalized spacial score (nSPS) is 10.9. The highest BCUT2D eigenvalue weighted by Crippen LogP contribution is 2.26. The highest BCUT2D eigenvalue weighted by Gasteiger charge is 2.17. The number of amides is 1. The van der Waals surface area contributed by atoms with E-state index >= 15 is 0 Å². The largest absolute Gasteiger partial charge is 0.321 e. The number of benzene rings is 1. The van der Waals surface area contributed by atoms with Crippen LogP contribution in [0.2, 0.25) is 0 Å². The fraction of sp³-hybridized carbons (Fsp3) is 0.143. The molecule has 1 aromatic carbocycles. The second-order valence-electron chi connectivity index (χ2n) is 6.16. The number of carbonyl (C=O) groups excluding carboxylic acids is 1. The first-order valence-electron chi connectivity index (χ1n) is 8.93. The molecule has 0 unspecified atom stereocenters. The van der Waals surface area contributed by atoms with Crippen LogP contribution in [0.3, 0.4) is 0 Å². The number of pyridine rings is 2. The van der Waals surface area contributed by atoms with Crippen molar-refractivity contribution >= 4 is 34.4 Å². The van der Waals surface area contributed by atoms with E-state index in [1.807, 2.05) is 61.7 Å². The van der Waals surface area contributed by atoms with Gasteiger partial charge in [0.25, 0.3) is 5.91 Å². The molecular formula is C21H19N5OS. The van der Waals surface area contributed by atoms with Gasteiger partial charge >= 0.3 is 0 Å². The number of rotatable bonds is 5. The van der Waals surface area contributed by atoms with Crippen molar-refractivity contribution in [3.05, 3.63) is 66.5 Å². The van der Waals surface area contributed by atoms with Crippen molar-refractivity contribution in [1.29, 1.82) is 0 Å². The summed E-state index contributed by atoms with van der Waals surface area (Å²) in [6, 6.07) is 15.4. The van der Waals surface area contributed by atoms with E-state index < -0.39 is 0 Å². The zero-order valence-electron chi connectivity index (χ0n) is 15.6. The standard InChI is InChI=1S/C21H19N5OS/c1-3-26-20-17(13-23-26)16(11-18(25-20)14-7-5-4-6-8-14)21(27)24-15-9-10-19(28-2)22-12-15/h4-13H,3H2,1-2H3,(H,24,27). The molecule has 7 heteroatoms. The van der Waals surface area contributed by atoms with Crippen molar-refractivity contribution in [3.8, 4) is 11.3 Å². The summed E-state index contributed by atoms with van der Waals surface area (Å²) in [7, 11) is 0. The molecule has 0 bridgehead atoms. The number of nitrogens with one attached hydrogen (secondary N) is 1. The van der Waals surface area contributed by atoms with Crippen molar-refractivity contribution in [1.82, 2.24) is 19.7 Å². The minimum atomic E-state index is -0.209. The predicted octanol–water partition coefficient (Wildman–Crippen LogP) is 4.49. The van der Waals surface area contributed by atoms with Gasteiger partial charge in [-0.05, 0) is 31.4 Å². The van der Waals surface area contributed by atoms with E-state index in [1.165, 1.54) is 0 Å². The third-order valence-corrected chi connectivity index (χ3v) is 5.09. The maximum absolute atomic E-state index is 13.1. The Balaban J connectivity index is 1.78. The van der Waals surface area contributed by atoms with Gasteiger partial charge in [-0.2, -0.15) is 5.10 Å². The fourth-order valence-corrected chi connectivity index (χ4v) is 3.36. The Morgan fingerprint density at radius 2 is 1.96 bits per heavy atom. The van der Waals surface area contributed by atoms with E-state index in [-0.39, 0.29) is 5.91 Å². The van der Waals surface area contributed by atoms with Gasteiger partial charge in [0.15, 0.2) is 5.65 Å². The van der Waals surface area contributed by atoms with Crippen LogP contribution in [0.4, 0.5) is 5.69 Å². The first kappa shape index (κ1) is 18.2. The van der Waals surface area contributed by atoms with Gasteiger partial charge in [-0.15, -0.1) is 11.8 Å². The first-order chi connectivity index (χ1) is 13.7. The maximum Gasteiger partial charge on any atom is 0.256 e. The summed E-state index contributed by atoms with van der Waals surface area (Å²) in [5.41, 5.74) is 3.58. The lowest BCUT2D eigenvalue weighted by Crippen LogP contribution is -2.13. The molecule has 4 aromatic rings. The Kier molecular flexibility index (Phi) is 5.08. The highest BCUT2D eigenvalue weighted by atomic mass is 32.2. The Hall–Kier alpha value is -3.19. The number of aromatic nitrogens is 4. The van der Waals surface area contributed by atoms with Crippen LogP contribution in [-0.2, 0) is 6.54 Å². The van der Waals surface area contributed by atoms with Gasteiger partial charge in [-0.25, -0.2) is 14.6 Å². The molecule has 1 N–H and O–H groups in total. The van der Waals surface area contributed by atoms with Crippen LogP contribution in [-0.4, -0.2) is 31.9 Å². The van der Waals surface area contributed by atoms with Gasteiger partial charge in [-0.3, -0.25) is 4.79 Å². The van der Waals surface area contributed by atoms with Crippen molar-refractivity contribution in [2.75, 3.05) is 11.6 Å². The summed E-state index contributed by atoms with van der Waals surface area (Å²) in [6.07, 6.45) is 5.32. The molecule has 1 amide bonds. The Morgan fingerprint density at radius 1 is 1.14 bits per heavy atom. The zero-order chi connectivity index (χ0) is 19.5. The minimum Gasteiger partial charge on any atom is -0.321 e. The molecule has 3 heterocycles. The lowest BCUT2D eigenvalue weighted by molar-refractivity contribution is 0.102. The van der Waals surface area contributed by atoms with Gasteiger partial charge in [0, 0.05) is 12.1 Å². The molecule has 0 aliphatic rings. The van der Waals surface area contributed by atoms with E-state index in [2.05, 4.69) is 15.4 Å². The second-order valence-corrected chi connectivity index (χ2v) is 6.99. The summed E-state index contributed by atoms with van der Waals surface area (Å²) >= 11 is 1.56. The third-order valence-electron chi connectivity index (χ3n) is 4.43. The molecule has 0 saturated heterocycles. The maximum atomic E-state index is 13.1. The lowest BCUT2D eigenvalue weighted by Gasteiger charge is -2.09. The van der Waals surface area contributed by atoms with Crippen molar-refractivity contribution in [3.63, 3.8) is 0 Å². The Labute approximate surface area is 167 Å². The van der Waals surface area contributed by atoms with E-state index in [9.17, 15) is 4.79 Å². The average Bonchev–Trinajstić information content (AvgIpc) is 3.17. The third kappa shape index (κ3) is 3.48. The molecule has 0 saturated carbocycles. The van der Waals surface area contributed by atoms with Gasteiger partial charge in [0.05, 0.1) is 39.8 Å². The molecule has 0 atom stereocenters. The number of nitrogens with zero attached hydrogens (tertiary/aromatic N) is 4. The van der Waals surface area contributed by atoms with Crippen LogP contribution >= 0.6 is 11.8 Å². The van der Waals surface area contributed by atoms with E-state index in [4.69, 9.17) is 4.98 Å². The number of carbonyl (C=O) groups is 1. The summed E-state index contributed by atoms with van der Waals surface area (Å²) < 4.78 is 1.80. The van der Waals surface area contributed by atoms with Crippen LogP contribution in [0.1, 0.15) is 17.3 Å². The predicted molar refractivity (Wildman–Crippen MR) is 113 cm³/mol. The van der Waals surface area contributed by atoms with Crippen LogP contribution < -0.4 is 5.32 Å². The molecule has 4 rings (SSSR count). The number of anilines is 1. The number of fused-ring (bicyclic) bond motifs is 1. The molecule has 0 aliphatic heterocycles. The zero-order valence-corrected chi connectivity index (χ0v) is 16.4. The van der Waals surface area contributed by atoms with Crippen LogP contribution in [0.5, 0.6) is 0 Å². The summed E-state index contributed by atoms with van der Waals surface area (Å²) in [5, 5.41) is 8.94. The summed E-state index contributed by atoms with van der Waals surface area (Å²) in [6.45, 7) is 2.68. The quantitative estimate of drug-likeness (QED) is 0.509. The minimum absolute atomic E-state index is 0.209. The van der Waals surface area contributed by atoms with Crippen LogP contribution in [0, 0.1) is 0 Å². The molecule has 3 aromatic heterocycles. The molecule has 140 valence electrons. The van der Waals surface area contributed by atoms with Crippen molar-refractivity contribution in [2.45, 2.75) is 18.5 Å². The first-order valence-corrected chi connectivity index (χ1v) is 10.2. The Morgan fingerprint density at radius 3 is 2.64 bits per heavy atom. The van der Waals surface area contributed by atoms with E-state index in [0.717, 1.165) is 21.7 Å².